The van der Waals surface area contributed by atoms with E-state index in [4.69, 9.17) is 20.7 Å². The molecular weight excluding hydrogens is 166 g/mol. The minimum absolute atomic E-state index is 0.470. The molecule has 0 amide bonds. The Morgan fingerprint density at radius 3 is 2.25 bits per heavy atom. The molecule has 72 valence electrons. The predicted octanol–water partition coefficient (Wildman–Crippen LogP) is -3.25. The zero-order valence-corrected chi connectivity index (χ0v) is 6.37. The molecule has 6 nitrogen and oxygen atoms in total. The van der Waals surface area contributed by atoms with Crippen LogP contribution in [0.25, 0.3) is 0 Å². The molecule has 6 heteroatoms. The third-order valence-electron chi connectivity index (χ3n) is 1.95. The van der Waals surface area contributed by atoms with Crippen molar-refractivity contribution in [2.45, 2.75) is 30.6 Å². The Hall–Kier alpha value is -0.240. The van der Waals surface area contributed by atoms with Crippen molar-refractivity contribution in [2.24, 2.45) is 5.73 Å². The van der Waals surface area contributed by atoms with Gasteiger partial charge in [-0.2, -0.15) is 0 Å². The summed E-state index contributed by atoms with van der Waals surface area (Å²) in [5.74, 6) is 0. The number of hydrogen-bond donors (Lipinski definition) is 5. The van der Waals surface area contributed by atoms with E-state index in [1.165, 1.54) is 0 Å². The standard InChI is InChI=1S/C6H13NO5/c7-3-5(10)4(9)2(1-8)12-6(3)11/h2-6,8-11H,1,7H2/t2-,3-,4+,5+,6?/m1/s1. The van der Waals surface area contributed by atoms with E-state index in [-0.39, 0.29) is 0 Å². The highest BCUT2D eigenvalue weighted by Gasteiger charge is 2.41. The molecule has 1 aliphatic heterocycles. The first-order chi connectivity index (χ1) is 5.57. The molecule has 1 rings (SSSR count). The van der Waals surface area contributed by atoms with Gasteiger partial charge in [-0.1, -0.05) is 0 Å². The molecule has 1 heterocycles. The van der Waals surface area contributed by atoms with Crippen LogP contribution in [0.1, 0.15) is 0 Å². The van der Waals surface area contributed by atoms with Crippen molar-refractivity contribution in [3.05, 3.63) is 0 Å². The lowest BCUT2D eigenvalue weighted by Crippen LogP contribution is -2.61. The molecule has 0 aromatic carbocycles. The largest absolute Gasteiger partial charge is 0.394 e. The summed E-state index contributed by atoms with van der Waals surface area (Å²) in [4.78, 5) is 0. The van der Waals surface area contributed by atoms with E-state index in [0.29, 0.717) is 0 Å². The number of rotatable bonds is 1. The molecule has 0 aromatic rings. The predicted molar refractivity (Wildman–Crippen MR) is 38.0 cm³/mol. The van der Waals surface area contributed by atoms with E-state index in [9.17, 15) is 10.2 Å². The molecule has 1 fully saturated rings. The summed E-state index contributed by atoms with van der Waals surface area (Å²) >= 11 is 0. The molecule has 0 bridgehead atoms. The van der Waals surface area contributed by atoms with Crippen LogP contribution >= 0.6 is 0 Å². The molecule has 0 saturated carbocycles. The first-order valence-corrected chi connectivity index (χ1v) is 3.64. The van der Waals surface area contributed by atoms with Crippen LogP contribution in [0.2, 0.25) is 0 Å². The van der Waals surface area contributed by atoms with Crippen LogP contribution in [0, 0.1) is 0 Å². The van der Waals surface area contributed by atoms with Gasteiger partial charge in [-0.15, -0.1) is 0 Å². The van der Waals surface area contributed by atoms with Crippen LogP contribution in [0.3, 0.4) is 0 Å². The minimum Gasteiger partial charge on any atom is -0.394 e. The molecule has 0 radical (unpaired) electrons. The summed E-state index contributed by atoms with van der Waals surface area (Å²) in [6.45, 7) is -0.470. The van der Waals surface area contributed by atoms with Crippen molar-refractivity contribution in [1.82, 2.24) is 0 Å². The molecular formula is C6H13NO5. The number of aliphatic hydroxyl groups excluding tert-OH is 4. The van der Waals surface area contributed by atoms with Gasteiger partial charge in [-0.05, 0) is 0 Å². The topological polar surface area (TPSA) is 116 Å². The molecule has 1 saturated heterocycles. The van der Waals surface area contributed by atoms with Gasteiger partial charge in [-0.3, -0.25) is 0 Å². The summed E-state index contributed by atoms with van der Waals surface area (Å²) in [7, 11) is 0. The van der Waals surface area contributed by atoms with Gasteiger partial charge in [0.1, 0.15) is 18.3 Å². The van der Waals surface area contributed by atoms with Gasteiger partial charge < -0.3 is 30.9 Å². The van der Waals surface area contributed by atoms with Crippen molar-refractivity contribution in [1.29, 1.82) is 0 Å². The van der Waals surface area contributed by atoms with Crippen molar-refractivity contribution in [3.8, 4) is 0 Å². The van der Waals surface area contributed by atoms with E-state index >= 15 is 0 Å². The molecule has 0 aromatic heterocycles. The van der Waals surface area contributed by atoms with Crippen molar-refractivity contribution in [2.75, 3.05) is 6.61 Å². The van der Waals surface area contributed by atoms with Gasteiger partial charge in [0.15, 0.2) is 6.29 Å². The summed E-state index contributed by atoms with van der Waals surface area (Å²) in [5.41, 5.74) is 5.26. The fraction of sp³-hybridized carbons (Fsp3) is 1.00. The lowest BCUT2D eigenvalue weighted by atomic mass is 9.98. The van der Waals surface area contributed by atoms with Gasteiger partial charge in [0.05, 0.1) is 12.6 Å². The van der Waals surface area contributed by atoms with Crippen LogP contribution in [0.15, 0.2) is 0 Å². The third kappa shape index (κ3) is 1.58. The Kier molecular flexibility index (Phi) is 2.99. The summed E-state index contributed by atoms with van der Waals surface area (Å²) < 4.78 is 4.70. The maximum absolute atomic E-state index is 9.20. The smallest absolute Gasteiger partial charge is 0.173 e. The monoisotopic (exact) mass is 179 g/mol. The molecule has 0 aliphatic carbocycles. The summed E-state index contributed by atoms with van der Waals surface area (Å²) in [5, 5.41) is 36.1. The van der Waals surface area contributed by atoms with Crippen molar-refractivity contribution < 1.29 is 25.2 Å². The average Bonchev–Trinajstić information content (AvgIpc) is 2.08. The highest BCUT2D eigenvalue weighted by molar-refractivity contribution is 4.90. The number of aliphatic hydroxyl groups is 4. The van der Waals surface area contributed by atoms with E-state index in [1.807, 2.05) is 0 Å². The first kappa shape index (κ1) is 9.85. The number of hydrogen-bond acceptors (Lipinski definition) is 6. The quantitative estimate of drug-likeness (QED) is 0.288. The number of ether oxygens (including phenoxy) is 1. The second-order valence-electron chi connectivity index (χ2n) is 2.81. The van der Waals surface area contributed by atoms with Crippen LogP contribution in [0.5, 0.6) is 0 Å². The molecule has 12 heavy (non-hydrogen) atoms. The Balaban J connectivity index is 2.63. The zero-order valence-electron chi connectivity index (χ0n) is 6.37. The molecule has 0 spiro atoms. The maximum atomic E-state index is 9.20. The fourth-order valence-corrected chi connectivity index (χ4v) is 1.12. The Bertz CT molecular complexity index is 150. The highest BCUT2D eigenvalue weighted by atomic mass is 16.6. The van der Waals surface area contributed by atoms with Gasteiger partial charge in [0.2, 0.25) is 0 Å². The summed E-state index contributed by atoms with van der Waals surface area (Å²) in [6.07, 6.45) is -4.85. The normalized spacial score (nSPS) is 49.2. The van der Waals surface area contributed by atoms with Crippen LogP contribution in [0.4, 0.5) is 0 Å². The minimum atomic E-state index is -1.35. The highest BCUT2D eigenvalue weighted by Crippen LogP contribution is 2.17. The van der Waals surface area contributed by atoms with Crippen molar-refractivity contribution in [3.63, 3.8) is 0 Å². The third-order valence-corrected chi connectivity index (χ3v) is 1.95. The van der Waals surface area contributed by atoms with Crippen LogP contribution in [-0.2, 0) is 4.74 Å². The number of nitrogens with two attached hydrogens (primary N) is 1. The summed E-state index contributed by atoms with van der Waals surface area (Å²) in [6, 6.07) is -1.04. The van der Waals surface area contributed by atoms with Gasteiger partial charge in [0.25, 0.3) is 0 Å². The first-order valence-electron chi connectivity index (χ1n) is 3.64. The van der Waals surface area contributed by atoms with Gasteiger partial charge in [-0.25, -0.2) is 0 Å². The zero-order chi connectivity index (χ0) is 9.30. The van der Waals surface area contributed by atoms with Crippen LogP contribution < -0.4 is 5.73 Å². The van der Waals surface area contributed by atoms with E-state index in [0.717, 1.165) is 0 Å². The molecule has 1 unspecified atom stereocenters. The van der Waals surface area contributed by atoms with Gasteiger partial charge >= 0.3 is 0 Å². The van der Waals surface area contributed by atoms with Crippen LogP contribution in [-0.4, -0.2) is 57.7 Å². The van der Waals surface area contributed by atoms with E-state index in [2.05, 4.69) is 0 Å². The average molecular weight is 179 g/mol. The Labute approximate surface area is 69.2 Å². The maximum Gasteiger partial charge on any atom is 0.173 e. The lowest BCUT2D eigenvalue weighted by Gasteiger charge is -2.38. The molecule has 6 N–H and O–H groups in total. The second-order valence-corrected chi connectivity index (χ2v) is 2.81. The fourth-order valence-electron chi connectivity index (χ4n) is 1.12. The Morgan fingerprint density at radius 2 is 1.75 bits per heavy atom. The SMILES string of the molecule is N[C@H]1C(O)O[C@H](CO)[C@H](O)[C@H]1O. The van der Waals surface area contributed by atoms with E-state index in [1.54, 1.807) is 0 Å². The van der Waals surface area contributed by atoms with E-state index < -0.39 is 37.3 Å². The molecule has 5 atom stereocenters. The van der Waals surface area contributed by atoms with Crippen molar-refractivity contribution >= 4 is 0 Å². The Morgan fingerprint density at radius 1 is 1.17 bits per heavy atom. The van der Waals surface area contributed by atoms with Gasteiger partial charge in [0, 0.05) is 0 Å². The molecule has 1 aliphatic rings. The lowest BCUT2D eigenvalue weighted by molar-refractivity contribution is -0.248. The second kappa shape index (κ2) is 3.65.